The van der Waals surface area contributed by atoms with Crippen LogP contribution in [0, 0.1) is 5.92 Å². The van der Waals surface area contributed by atoms with Gasteiger partial charge in [-0.05, 0) is 12.3 Å². The summed E-state index contributed by atoms with van der Waals surface area (Å²) in [6.07, 6.45) is 3.24. The molecule has 1 N–H and O–H groups in total. The zero-order chi connectivity index (χ0) is 8.97. The highest BCUT2D eigenvalue weighted by atomic mass is 16.3. The van der Waals surface area contributed by atoms with Crippen LogP contribution in [0.1, 0.15) is 33.1 Å². The molecule has 12 heavy (non-hydrogen) atoms. The van der Waals surface area contributed by atoms with Crippen LogP contribution in [0.25, 0.3) is 0 Å². The van der Waals surface area contributed by atoms with Crippen LogP contribution >= 0.6 is 0 Å². The van der Waals surface area contributed by atoms with E-state index in [1.807, 2.05) is 0 Å². The molecular weight excluding hydrogens is 150 g/mol. The first-order valence-corrected chi connectivity index (χ1v) is 5.16. The summed E-state index contributed by atoms with van der Waals surface area (Å²) in [6.45, 7) is 7.66. The topological polar surface area (TPSA) is 23.5 Å². The van der Waals surface area contributed by atoms with E-state index in [9.17, 15) is 5.11 Å². The Labute approximate surface area is 75.6 Å². The number of aliphatic hydroxyl groups excluding tert-OH is 1. The van der Waals surface area contributed by atoms with Gasteiger partial charge in [0.15, 0.2) is 0 Å². The maximum Gasteiger partial charge on any atom is 0.0667 e. The minimum absolute atomic E-state index is 0.0900. The Hall–Kier alpha value is -0.0800. The molecule has 0 bridgehead atoms. The summed E-state index contributed by atoms with van der Waals surface area (Å²) in [5.74, 6) is 0.902. The third-order valence-electron chi connectivity index (χ3n) is 2.70. The van der Waals surface area contributed by atoms with Gasteiger partial charge in [-0.1, -0.05) is 26.7 Å². The second kappa shape index (κ2) is 4.83. The number of rotatable bonds is 5. The van der Waals surface area contributed by atoms with Gasteiger partial charge in [-0.15, -0.1) is 0 Å². The Morgan fingerprint density at radius 1 is 1.42 bits per heavy atom. The largest absolute Gasteiger partial charge is 0.392 e. The molecule has 2 nitrogen and oxygen atoms in total. The van der Waals surface area contributed by atoms with Crippen LogP contribution in [-0.2, 0) is 0 Å². The molecule has 72 valence electrons. The molecule has 1 rings (SSSR count). The highest BCUT2D eigenvalue weighted by molar-refractivity contribution is 4.80. The average Bonchev–Trinajstić information content (AvgIpc) is 1.96. The van der Waals surface area contributed by atoms with E-state index in [4.69, 9.17) is 0 Å². The SMILES string of the molecule is CCCC(O)CN1CC(CC)C1. The molecule has 1 saturated heterocycles. The average molecular weight is 171 g/mol. The maximum absolute atomic E-state index is 9.50. The van der Waals surface area contributed by atoms with Gasteiger partial charge in [-0.2, -0.15) is 0 Å². The van der Waals surface area contributed by atoms with E-state index < -0.39 is 0 Å². The Morgan fingerprint density at radius 3 is 2.58 bits per heavy atom. The third-order valence-corrected chi connectivity index (χ3v) is 2.70. The number of hydrogen-bond donors (Lipinski definition) is 1. The molecule has 0 aromatic carbocycles. The fourth-order valence-corrected chi connectivity index (χ4v) is 1.81. The summed E-state index contributed by atoms with van der Waals surface area (Å²) in [5, 5.41) is 9.50. The van der Waals surface area contributed by atoms with Crippen LogP contribution < -0.4 is 0 Å². The zero-order valence-corrected chi connectivity index (χ0v) is 8.29. The molecule has 1 aliphatic rings. The maximum atomic E-state index is 9.50. The fourth-order valence-electron chi connectivity index (χ4n) is 1.81. The van der Waals surface area contributed by atoms with Crippen molar-refractivity contribution in [1.82, 2.24) is 4.90 Å². The Kier molecular flexibility index (Phi) is 4.02. The molecule has 0 aliphatic carbocycles. The van der Waals surface area contributed by atoms with Crippen molar-refractivity contribution in [2.24, 2.45) is 5.92 Å². The van der Waals surface area contributed by atoms with Crippen molar-refractivity contribution in [2.75, 3.05) is 19.6 Å². The lowest BCUT2D eigenvalue weighted by atomic mass is 9.97. The first-order valence-electron chi connectivity index (χ1n) is 5.16. The number of likely N-dealkylation sites (tertiary alicyclic amines) is 1. The summed E-state index contributed by atoms with van der Waals surface area (Å²) in [6, 6.07) is 0. The highest BCUT2D eigenvalue weighted by Crippen LogP contribution is 2.18. The van der Waals surface area contributed by atoms with Crippen molar-refractivity contribution in [3.63, 3.8) is 0 Å². The van der Waals surface area contributed by atoms with Crippen LogP contribution in [0.4, 0.5) is 0 Å². The third kappa shape index (κ3) is 2.76. The molecule has 1 aliphatic heterocycles. The minimum atomic E-state index is -0.0900. The molecule has 0 amide bonds. The molecule has 0 saturated carbocycles. The van der Waals surface area contributed by atoms with Gasteiger partial charge in [0.05, 0.1) is 6.10 Å². The van der Waals surface area contributed by atoms with Gasteiger partial charge in [0.2, 0.25) is 0 Å². The number of nitrogens with zero attached hydrogens (tertiary/aromatic N) is 1. The number of aliphatic hydroxyl groups is 1. The van der Waals surface area contributed by atoms with Crippen molar-refractivity contribution in [3.8, 4) is 0 Å². The lowest BCUT2D eigenvalue weighted by molar-refractivity contribution is 0.0354. The molecule has 0 radical (unpaired) electrons. The summed E-state index contributed by atoms with van der Waals surface area (Å²) >= 11 is 0. The molecule has 1 atom stereocenters. The van der Waals surface area contributed by atoms with Crippen LogP contribution in [0.15, 0.2) is 0 Å². The zero-order valence-electron chi connectivity index (χ0n) is 8.29. The lowest BCUT2D eigenvalue weighted by Crippen LogP contribution is -2.49. The molecular formula is C10H21NO. The first-order chi connectivity index (χ1) is 5.76. The van der Waals surface area contributed by atoms with Gasteiger partial charge >= 0.3 is 0 Å². The van der Waals surface area contributed by atoms with Gasteiger partial charge < -0.3 is 10.0 Å². The van der Waals surface area contributed by atoms with Crippen LogP contribution in [-0.4, -0.2) is 35.7 Å². The fraction of sp³-hybridized carbons (Fsp3) is 1.00. The van der Waals surface area contributed by atoms with Crippen molar-refractivity contribution in [2.45, 2.75) is 39.2 Å². The quantitative estimate of drug-likeness (QED) is 0.677. The van der Waals surface area contributed by atoms with Gasteiger partial charge in [0, 0.05) is 19.6 Å². The Morgan fingerprint density at radius 2 is 2.08 bits per heavy atom. The molecule has 0 aromatic heterocycles. The molecule has 1 heterocycles. The second-order valence-electron chi connectivity index (χ2n) is 3.94. The van der Waals surface area contributed by atoms with Crippen molar-refractivity contribution >= 4 is 0 Å². The van der Waals surface area contributed by atoms with E-state index in [1.165, 1.54) is 19.5 Å². The second-order valence-corrected chi connectivity index (χ2v) is 3.94. The first kappa shape index (κ1) is 10.0. The smallest absolute Gasteiger partial charge is 0.0667 e. The van der Waals surface area contributed by atoms with Crippen molar-refractivity contribution in [3.05, 3.63) is 0 Å². The molecule has 1 fully saturated rings. The van der Waals surface area contributed by atoms with Crippen molar-refractivity contribution < 1.29 is 5.11 Å². The number of hydrogen-bond acceptors (Lipinski definition) is 2. The van der Waals surface area contributed by atoms with Gasteiger partial charge in [0.1, 0.15) is 0 Å². The van der Waals surface area contributed by atoms with Crippen LogP contribution in [0.2, 0.25) is 0 Å². The van der Waals surface area contributed by atoms with Gasteiger partial charge in [0.25, 0.3) is 0 Å². The minimum Gasteiger partial charge on any atom is -0.392 e. The normalized spacial score (nSPS) is 22.2. The predicted octanol–water partition coefficient (Wildman–Crippen LogP) is 1.49. The van der Waals surface area contributed by atoms with Crippen molar-refractivity contribution in [1.29, 1.82) is 0 Å². The van der Waals surface area contributed by atoms with E-state index in [1.54, 1.807) is 0 Å². The van der Waals surface area contributed by atoms with Crippen LogP contribution in [0.3, 0.4) is 0 Å². The lowest BCUT2D eigenvalue weighted by Gasteiger charge is -2.39. The summed E-state index contributed by atoms with van der Waals surface area (Å²) in [4.78, 5) is 2.36. The molecule has 0 spiro atoms. The summed E-state index contributed by atoms with van der Waals surface area (Å²) < 4.78 is 0. The van der Waals surface area contributed by atoms with E-state index in [-0.39, 0.29) is 6.10 Å². The highest BCUT2D eigenvalue weighted by Gasteiger charge is 2.25. The van der Waals surface area contributed by atoms with Gasteiger partial charge in [-0.3, -0.25) is 0 Å². The Balaban J connectivity index is 2.02. The standard InChI is InChI=1S/C10H21NO/c1-3-5-10(12)8-11-6-9(4-2)7-11/h9-10,12H,3-8H2,1-2H3. The summed E-state index contributed by atoms with van der Waals surface area (Å²) in [5.41, 5.74) is 0. The van der Waals surface area contributed by atoms with Gasteiger partial charge in [-0.25, -0.2) is 0 Å². The van der Waals surface area contributed by atoms with E-state index in [2.05, 4.69) is 18.7 Å². The summed E-state index contributed by atoms with van der Waals surface area (Å²) in [7, 11) is 0. The number of β-amino-alcohol motifs (C(OH)–C–C–N with tert-alkyl or cyclic N) is 1. The van der Waals surface area contributed by atoms with E-state index in [0.29, 0.717) is 0 Å². The molecule has 2 heteroatoms. The Bertz CT molecular complexity index is 121. The van der Waals surface area contributed by atoms with E-state index >= 15 is 0 Å². The molecule has 1 unspecified atom stereocenters. The molecule has 0 aromatic rings. The predicted molar refractivity (Wildman–Crippen MR) is 51.1 cm³/mol. The van der Waals surface area contributed by atoms with Crippen LogP contribution in [0.5, 0.6) is 0 Å². The van der Waals surface area contributed by atoms with E-state index in [0.717, 1.165) is 25.3 Å². The monoisotopic (exact) mass is 171 g/mol.